The molecule has 0 heterocycles. The molecule has 2 aromatic rings. The van der Waals surface area contributed by atoms with Gasteiger partial charge in [-0.15, -0.1) is 0 Å². The molecule has 0 aliphatic heterocycles. The lowest BCUT2D eigenvalue weighted by atomic mass is 10.1. The van der Waals surface area contributed by atoms with Crippen molar-refractivity contribution in [2.75, 3.05) is 12.4 Å². The Morgan fingerprint density at radius 1 is 1.30 bits per heavy atom. The van der Waals surface area contributed by atoms with Crippen molar-refractivity contribution in [3.63, 3.8) is 0 Å². The zero-order valence-corrected chi connectivity index (χ0v) is 11.6. The number of aromatic carboxylic acids is 1. The molecule has 0 unspecified atom stereocenters. The number of carbonyl (C=O) groups is 1. The average Bonchev–Trinajstić information content (AvgIpc) is 2.45. The van der Waals surface area contributed by atoms with Crippen LogP contribution < -0.4 is 10.1 Å². The maximum absolute atomic E-state index is 11.1. The van der Waals surface area contributed by atoms with Gasteiger partial charge in [-0.2, -0.15) is 0 Å². The fourth-order valence-electron chi connectivity index (χ4n) is 1.83. The molecule has 2 aromatic carbocycles. The Labute approximate surface area is 122 Å². The van der Waals surface area contributed by atoms with Gasteiger partial charge >= 0.3 is 5.97 Å². The Balaban J connectivity index is 2.17. The van der Waals surface area contributed by atoms with Crippen LogP contribution in [0.3, 0.4) is 0 Å². The molecule has 0 spiro atoms. The second-order valence-electron chi connectivity index (χ2n) is 4.20. The van der Waals surface area contributed by atoms with Crippen molar-refractivity contribution in [3.05, 3.63) is 58.6 Å². The molecule has 0 saturated carbocycles. The summed E-state index contributed by atoms with van der Waals surface area (Å²) in [6.45, 7) is 0.484. The quantitative estimate of drug-likeness (QED) is 0.882. The summed E-state index contributed by atoms with van der Waals surface area (Å²) in [5, 5.41) is 12.7. The highest BCUT2D eigenvalue weighted by atomic mass is 35.5. The molecule has 0 radical (unpaired) electrons. The van der Waals surface area contributed by atoms with Crippen LogP contribution in [-0.2, 0) is 6.54 Å². The summed E-state index contributed by atoms with van der Waals surface area (Å²) < 4.78 is 5.14. The molecule has 20 heavy (non-hydrogen) atoms. The van der Waals surface area contributed by atoms with E-state index in [0.717, 1.165) is 11.3 Å². The second kappa shape index (κ2) is 6.30. The lowest BCUT2D eigenvalue weighted by Crippen LogP contribution is -2.06. The van der Waals surface area contributed by atoms with E-state index < -0.39 is 5.97 Å². The molecule has 4 nitrogen and oxygen atoms in total. The van der Waals surface area contributed by atoms with Crippen molar-refractivity contribution in [3.8, 4) is 5.75 Å². The third-order valence-corrected chi connectivity index (χ3v) is 3.06. The first-order valence-corrected chi connectivity index (χ1v) is 6.37. The standard InChI is InChI=1S/C15H14ClNO3/c1-20-12-4-2-3-10(7-12)9-17-14-8-11(16)5-6-13(14)15(18)19/h2-8,17H,9H2,1H3,(H,18,19). The Morgan fingerprint density at radius 3 is 2.80 bits per heavy atom. The molecule has 0 saturated heterocycles. The van der Waals surface area contributed by atoms with Gasteiger partial charge in [0.15, 0.2) is 0 Å². The molecule has 0 atom stereocenters. The van der Waals surface area contributed by atoms with Crippen LogP contribution in [0.25, 0.3) is 0 Å². The highest BCUT2D eigenvalue weighted by Crippen LogP contribution is 2.22. The number of hydrogen-bond donors (Lipinski definition) is 2. The predicted octanol–water partition coefficient (Wildman–Crippen LogP) is 3.66. The first-order valence-electron chi connectivity index (χ1n) is 6.00. The monoisotopic (exact) mass is 291 g/mol. The molecule has 0 bridgehead atoms. The minimum absolute atomic E-state index is 0.192. The predicted molar refractivity (Wildman–Crippen MR) is 78.7 cm³/mol. The van der Waals surface area contributed by atoms with Crippen molar-refractivity contribution in [1.29, 1.82) is 0 Å². The third kappa shape index (κ3) is 3.42. The van der Waals surface area contributed by atoms with Gasteiger partial charge in [-0.05, 0) is 35.9 Å². The topological polar surface area (TPSA) is 58.6 Å². The SMILES string of the molecule is COc1cccc(CNc2cc(Cl)ccc2C(=O)O)c1. The number of rotatable bonds is 5. The van der Waals surface area contributed by atoms with Crippen molar-refractivity contribution in [2.24, 2.45) is 0 Å². The average molecular weight is 292 g/mol. The van der Waals surface area contributed by atoms with E-state index in [1.807, 2.05) is 24.3 Å². The highest BCUT2D eigenvalue weighted by molar-refractivity contribution is 6.31. The minimum Gasteiger partial charge on any atom is -0.497 e. The fourth-order valence-corrected chi connectivity index (χ4v) is 2.00. The Hall–Kier alpha value is -2.20. The summed E-state index contributed by atoms with van der Waals surface area (Å²) in [7, 11) is 1.60. The van der Waals surface area contributed by atoms with Crippen LogP contribution in [0.4, 0.5) is 5.69 Å². The lowest BCUT2D eigenvalue weighted by molar-refractivity contribution is 0.0698. The van der Waals surface area contributed by atoms with Crippen LogP contribution in [-0.4, -0.2) is 18.2 Å². The molecule has 2 rings (SSSR count). The Morgan fingerprint density at radius 2 is 2.10 bits per heavy atom. The van der Waals surface area contributed by atoms with Gasteiger partial charge in [0.05, 0.1) is 18.4 Å². The van der Waals surface area contributed by atoms with E-state index >= 15 is 0 Å². The van der Waals surface area contributed by atoms with E-state index in [9.17, 15) is 4.79 Å². The van der Waals surface area contributed by atoms with Crippen molar-refractivity contribution in [2.45, 2.75) is 6.54 Å². The molecule has 0 aliphatic carbocycles. The Bertz CT molecular complexity index is 628. The van der Waals surface area contributed by atoms with E-state index in [-0.39, 0.29) is 5.56 Å². The molecule has 104 valence electrons. The van der Waals surface area contributed by atoms with Crippen LogP contribution >= 0.6 is 11.6 Å². The second-order valence-corrected chi connectivity index (χ2v) is 4.64. The summed E-state index contributed by atoms with van der Waals surface area (Å²) >= 11 is 5.90. The normalized spacial score (nSPS) is 10.1. The number of nitrogens with one attached hydrogen (secondary N) is 1. The van der Waals surface area contributed by atoms with Crippen molar-refractivity contribution in [1.82, 2.24) is 0 Å². The third-order valence-electron chi connectivity index (χ3n) is 2.83. The molecule has 0 amide bonds. The molecular weight excluding hydrogens is 278 g/mol. The zero-order valence-electron chi connectivity index (χ0n) is 10.9. The van der Waals surface area contributed by atoms with Gasteiger partial charge in [-0.3, -0.25) is 0 Å². The van der Waals surface area contributed by atoms with Gasteiger partial charge in [-0.25, -0.2) is 4.79 Å². The van der Waals surface area contributed by atoms with Crippen LogP contribution in [0.2, 0.25) is 5.02 Å². The molecule has 0 aliphatic rings. The number of carboxylic acid groups (broad SMARTS) is 1. The smallest absolute Gasteiger partial charge is 0.337 e. The molecule has 2 N–H and O–H groups in total. The first kappa shape index (κ1) is 14.2. The maximum atomic E-state index is 11.1. The number of hydrogen-bond acceptors (Lipinski definition) is 3. The summed E-state index contributed by atoms with van der Waals surface area (Å²) in [5.74, 6) is -0.233. The lowest BCUT2D eigenvalue weighted by Gasteiger charge is -2.11. The van der Waals surface area contributed by atoms with E-state index in [1.165, 1.54) is 6.07 Å². The van der Waals surface area contributed by atoms with E-state index in [1.54, 1.807) is 19.2 Å². The zero-order chi connectivity index (χ0) is 14.5. The number of carboxylic acids is 1. The van der Waals surface area contributed by atoms with Crippen LogP contribution in [0.1, 0.15) is 15.9 Å². The first-order chi connectivity index (χ1) is 9.60. The largest absolute Gasteiger partial charge is 0.497 e. The molecule has 0 aromatic heterocycles. The number of halogens is 1. The van der Waals surface area contributed by atoms with Gasteiger partial charge in [0.2, 0.25) is 0 Å². The summed E-state index contributed by atoms with van der Waals surface area (Å²) in [4.78, 5) is 11.1. The summed E-state index contributed by atoms with van der Waals surface area (Å²) in [6.07, 6.45) is 0. The van der Waals surface area contributed by atoms with Gasteiger partial charge < -0.3 is 15.2 Å². The molecule has 5 heteroatoms. The van der Waals surface area contributed by atoms with Gasteiger partial charge in [0.25, 0.3) is 0 Å². The van der Waals surface area contributed by atoms with E-state index in [4.69, 9.17) is 21.4 Å². The van der Waals surface area contributed by atoms with E-state index in [2.05, 4.69) is 5.32 Å². The van der Waals surface area contributed by atoms with Crippen LogP contribution in [0, 0.1) is 0 Å². The number of ether oxygens (including phenoxy) is 1. The minimum atomic E-state index is -0.991. The number of benzene rings is 2. The summed E-state index contributed by atoms with van der Waals surface area (Å²) in [6, 6.07) is 12.2. The fraction of sp³-hybridized carbons (Fsp3) is 0.133. The molecular formula is C15H14ClNO3. The number of methoxy groups -OCH3 is 1. The maximum Gasteiger partial charge on any atom is 0.337 e. The van der Waals surface area contributed by atoms with Crippen LogP contribution in [0.15, 0.2) is 42.5 Å². The van der Waals surface area contributed by atoms with Crippen molar-refractivity contribution < 1.29 is 14.6 Å². The van der Waals surface area contributed by atoms with Gasteiger partial charge in [0, 0.05) is 11.6 Å². The Kier molecular flexibility index (Phi) is 4.48. The number of anilines is 1. The van der Waals surface area contributed by atoms with Crippen molar-refractivity contribution >= 4 is 23.3 Å². The molecule has 0 fully saturated rings. The van der Waals surface area contributed by atoms with Crippen LogP contribution in [0.5, 0.6) is 5.75 Å². The highest BCUT2D eigenvalue weighted by Gasteiger charge is 2.10. The van der Waals surface area contributed by atoms with Gasteiger partial charge in [-0.1, -0.05) is 23.7 Å². The van der Waals surface area contributed by atoms with E-state index in [0.29, 0.717) is 17.3 Å². The summed E-state index contributed by atoms with van der Waals surface area (Å²) in [5.41, 5.74) is 1.67. The van der Waals surface area contributed by atoms with Gasteiger partial charge in [0.1, 0.15) is 5.75 Å².